The average Bonchev–Trinajstić information content (AvgIpc) is 2.93. The van der Waals surface area contributed by atoms with Crippen molar-refractivity contribution in [2.24, 2.45) is 0 Å². The molecule has 0 aliphatic rings. The average molecular weight is 268 g/mol. The molecule has 20 heavy (non-hydrogen) atoms. The van der Waals surface area contributed by atoms with Crippen molar-refractivity contribution >= 4 is 22.9 Å². The van der Waals surface area contributed by atoms with E-state index in [2.05, 4.69) is 56.4 Å². The van der Waals surface area contributed by atoms with E-state index in [4.69, 9.17) is 5.73 Å². The van der Waals surface area contributed by atoms with E-state index in [1.165, 1.54) is 11.1 Å². The molecule has 0 saturated heterocycles. The van der Waals surface area contributed by atoms with Gasteiger partial charge in [0.25, 0.3) is 0 Å². The number of H-pyrrole nitrogens is 1. The molecule has 0 spiro atoms. The quantitative estimate of drug-likeness (QED) is 0.674. The number of benzene rings is 1. The van der Waals surface area contributed by atoms with Crippen molar-refractivity contribution in [1.82, 2.24) is 19.9 Å². The van der Waals surface area contributed by atoms with Gasteiger partial charge in [0, 0.05) is 6.54 Å². The SMILES string of the molecule is CCc1ccc(CNc2nc(N)nc3nc[nH]c23)cc1. The molecular weight excluding hydrogens is 252 g/mol. The Kier molecular flexibility index (Phi) is 3.20. The Morgan fingerprint density at radius 1 is 1.15 bits per heavy atom. The summed E-state index contributed by atoms with van der Waals surface area (Å²) in [6, 6.07) is 8.50. The van der Waals surface area contributed by atoms with Crippen molar-refractivity contribution in [2.45, 2.75) is 19.9 Å². The van der Waals surface area contributed by atoms with Crippen LogP contribution in [0.2, 0.25) is 0 Å². The van der Waals surface area contributed by atoms with Gasteiger partial charge in [0.05, 0.1) is 6.33 Å². The lowest BCUT2D eigenvalue weighted by molar-refractivity contribution is 1.09. The van der Waals surface area contributed by atoms with E-state index in [1.807, 2.05) is 0 Å². The highest BCUT2D eigenvalue weighted by atomic mass is 15.1. The second-order valence-electron chi connectivity index (χ2n) is 4.56. The van der Waals surface area contributed by atoms with Gasteiger partial charge in [0.1, 0.15) is 5.52 Å². The molecule has 0 amide bonds. The van der Waals surface area contributed by atoms with Crippen LogP contribution in [0.25, 0.3) is 11.2 Å². The molecular formula is C14H16N6. The van der Waals surface area contributed by atoms with Gasteiger partial charge in [-0.1, -0.05) is 31.2 Å². The molecule has 0 bridgehead atoms. The van der Waals surface area contributed by atoms with Crippen molar-refractivity contribution in [3.63, 3.8) is 0 Å². The number of fused-ring (bicyclic) bond motifs is 1. The highest BCUT2D eigenvalue weighted by molar-refractivity contribution is 5.83. The van der Waals surface area contributed by atoms with Gasteiger partial charge in [-0.25, -0.2) is 4.98 Å². The Morgan fingerprint density at radius 2 is 1.90 bits per heavy atom. The number of imidazole rings is 1. The molecule has 0 fully saturated rings. The predicted molar refractivity (Wildman–Crippen MR) is 79.2 cm³/mol. The number of aromatic nitrogens is 4. The summed E-state index contributed by atoms with van der Waals surface area (Å²) in [7, 11) is 0. The van der Waals surface area contributed by atoms with Crippen molar-refractivity contribution < 1.29 is 0 Å². The van der Waals surface area contributed by atoms with E-state index in [0.717, 1.165) is 11.9 Å². The number of aromatic amines is 1. The Balaban J connectivity index is 1.80. The van der Waals surface area contributed by atoms with Crippen LogP contribution in [0.5, 0.6) is 0 Å². The minimum Gasteiger partial charge on any atom is -0.368 e. The first-order chi connectivity index (χ1) is 9.76. The van der Waals surface area contributed by atoms with Crippen molar-refractivity contribution in [3.05, 3.63) is 41.7 Å². The second-order valence-corrected chi connectivity index (χ2v) is 4.56. The summed E-state index contributed by atoms with van der Waals surface area (Å²) in [5.41, 5.74) is 9.53. The minimum atomic E-state index is 0.216. The lowest BCUT2D eigenvalue weighted by atomic mass is 10.1. The van der Waals surface area contributed by atoms with Crippen LogP contribution in [0.3, 0.4) is 0 Å². The molecule has 2 aromatic heterocycles. The van der Waals surface area contributed by atoms with Gasteiger partial charge in [-0.2, -0.15) is 9.97 Å². The summed E-state index contributed by atoms with van der Waals surface area (Å²) in [6.45, 7) is 2.82. The zero-order valence-corrected chi connectivity index (χ0v) is 11.2. The topological polar surface area (TPSA) is 92.5 Å². The van der Waals surface area contributed by atoms with E-state index < -0.39 is 0 Å². The summed E-state index contributed by atoms with van der Waals surface area (Å²) in [5.74, 6) is 0.887. The van der Waals surface area contributed by atoms with Gasteiger partial charge in [-0.15, -0.1) is 0 Å². The van der Waals surface area contributed by atoms with Gasteiger partial charge >= 0.3 is 0 Å². The second kappa shape index (κ2) is 5.16. The smallest absolute Gasteiger partial charge is 0.224 e. The molecule has 0 aliphatic heterocycles. The first-order valence-electron chi connectivity index (χ1n) is 6.54. The predicted octanol–water partition coefficient (Wildman–Crippen LogP) is 2.11. The van der Waals surface area contributed by atoms with E-state index in [9.17, 15) is 0 Å². The summed E-state index contributed by atoms with van der Waals surface area (Å²) in [6.07, 6.45) is 2.63. The van der Waals surface area contributed by atoms with Gasteiger partial charge in [0.15, 0.2) is 11.5 Å². The van der Waals surface area contributed by atoms with E-state index in [-0.39, 0.29) is 5.95 Å². The lowest BCUT2D eigenvalue weighted by Crippen LogP contribution is -2.05. The maximum absolute atomic E-state index is 5.67. The Hall–Kier alpha value is -2.63. The highest BCUT2D eigenvalue weighted by Gasteiger charge is 2.07. The monoisotopic (exact) mass is 268 g/mol. The third-order valence-electron chi connectivity index (χ3n) is 3.19. The fourth-order valence-corrected chi connectivity index (χ4v) is 2.06. The van der Waals surface area contributed by atoms with E-state index >= 15 is 0 Å². The molecule has 0 unspecified atom stereocenters. The number of hydrogen-bond donors (Lipinski definition) is 3. The van der Waals surface area contributed by atoms with Gasteiger partial charge < -0.3 is 16.0 Å². The first-order valence-corrected chi connectivity index (χ1v) is 6.54. The largest absolute Gasteiger partial charge is 0.368 e. The zero-order chi connectivity index (χ0) is 13.9. The number of nitrogens with one attached hydrogen (secondary N) is 2. The van der Waals surface area contributed by atoms with Crippen LogP contribution in [0.1, 0.15) is 18.1 Å². The first kappa shape index (κ1) is 12.4. The number of nitrogens with zero attached hydrogens (tertiary/aromatic N) is 3. The number of nitrogen functional groups attached to an aromatic ring is 1. The molecule has 102 valence electrons. The number of rotatable bonds is 4. The molecule has 6 heteroatoms. The van der Waals surface area contributed by atoms with Gasteiger partial charge in [-0.3, -0.25) is 0 Å². The van der Waals surface area contributed by atoms with E-state index in [1.54, 1.807) is 6.33 Å². The maximum atomic E-state index is 5.67. The number of aryl methyl sites for hydroxylation is 1. The van der Waals surface area contributed by atoms with Crippen LogP contribution < -0.4 is 11.1 Å². The molecule has 0 aliphatic carbocycles. The van der Waals surface area contributed by atoms with Crippen LogP contribution in [-0.4, -0.2) is 19.9 Å². The molecule has 6 nitrogen and oxygen atoms in total. The summed E-state index contributed by atoms with van der Waals surface area (Å²) in [4.78, 5) is 15.4. The zero-order valence-electron chi connectivity index (χ0n) is 11.2. The van der Waals surface area contributed by atoms with Gasteiger partial charge in [0.2, 0.25) is 5.95 Å². The third-order valence-corrected chi connectivity index (χ3v) is 3.19. The van der Waals surface area contributed by atoms with Crippen LogP contribution in [-0.2, 0) is 13.0 Å². The maximum Gasteiger partial charge on any atom is 0.224 e. The van der Waals surface area contributed by atoms with E-state index in [0.29, 0.717) is 18.0 Å². The lowest BCUT2D eigenvalue weighted by Gasteiger charge is -2.07. The fourth-order valence-electron chi connectivity index (χ4n) is 2.06. The van der Waals surface area contributed by atoms with Crippen LogP contribution >= 0.6 is 0 Å². The molecule has 3 aromatic rings. The minimum absolute atomic E-state index is 0.216. The number of anilines is 2. The summed E-state index contributed by atoms with van der Waals surface area (Å²) >= 11 is 0. The standard InChI is InChI=1S/C14H16N6/c1-2-9-3-5-10(6-4-9)7-16-12-11-13(18-8-17-11)20-14(15)19-12/h3-6,8H,2,7H2,1H3,(H4,15,16,17,18,19,20). The summed E-state index contributed by atoms with van der Waals surface area (Å²) in [5, 5.41) is 3.27. The Morgan fingerprint density at radius 3 is 2.65 bits per heavy atom. The summed E-state index contributed by atoms with van der Waals surface area (Å²) < 4.78 is 0. The normalized spacial score (nSPS) is 10.8. The molecule has 3 rings (SSSR count). The van der Waals surface area contributed by atoms with Crippen molar-refractivity contribution in [2.75, 3.05) is 11.1 Å². The molecule has 1 aromatic carbocycles. The van der Waals surface area contributed by atoms with Crippen LogP contribution in [0.4, 0.5) is 11.8 Å². The van der Waals surface area contributed by atoms with Crippen LogP contribution in [0.15, 0.2) is 30.6 Å². The fraction of sp³-hybridized carbons (Fsp3) is 0.214. The third kappa shape index (κ3) is 2.40. The highest BCUT2D eigenvalue weighted by Crippen LogP contribution is 2.18. The Labute approximate surface area is 116 Å². The molecule has 2 heterocycles. The van der Waals surface area contributed by atoms with Crippen molar-refractivity contribution in [1.29, 1.82) is 0 Å². The van der Waals surface area contributed by atoms with Gasteiger partial charge in [-0.05, 0) is 17.5 Å². The molecule has 4 N–H and O–H groups in total. The molecule has 0 radical (unpaired) electrons. The van der Waals surface area contributed by atoms with Crippen molar-refractivity contribution in [3.8, 4) is 0 Å². The number of hydrogen-bond acceptors (Lipinski definition) is 5. The van der Waals surface area contributed by atoms with Crippen LogP contribution in [0, 0.1) is 0 Å². The Bertz CT molecular complexity index is 716. The number of nitrogens with two attached hydrogens (primary N) is 1. The molecule has 0 atom stereocenters. The molecule has 0 saturated carbocycles.